The van der Waals surface area contributed by atoms with Crippen LogP contribution in [0.4, 0.5) is 0 Å². The van der Waals surface area contributed by atoms with Crippen LogP contribution < -0.4 is 0 Å². The maximum Gasteiger partial charge on any atom is 0.266 e. The zero-order valence-corrected chi connectivity index (χ0v) is 13.5. The summed E-state index contributed by atoms with van der Waals surface area (Å²) < 4.78 is 6.58. The molecule has 0 radical (unpaired) electrons. The van der Waals surface area contributed by atoms with Gasteiger partial charge in [0.15, 0.2) is 0 Å². The Bertz CT molecular complexity index is 528. The van der Waals surface area contributed by atoms with Gasteiger partial charge in [-0.3, -0.25) is 9.69 Å². The standard InChI is InChI=1S/C13H12BrNO2S2/c1-17-7-6-15-12(16)11(19-13(15)18)8-9-2-4-10(14)5-3-9/h2-5,8H,6-7H2,1H3. The third-order valence-electron chi connectivity index (χ3n) is 2.56. The summed E-state index contributed by atoms with van der Waals surface area (Å²) >= 11 is 9.92. The van der Waals surface area contributed by atoms with E-state index in [4.69, 9.17) is 17.0 Å². The van der Waals surface area contributed by atoms with Gasteiger partial charge in [0.25, 0.3) is 5.91 Å². The van der Waals surface area contributed by atoms with E-state index in [2.05, 4.69) is 15.9 Å². The molecule has 1 amide bonds. The summed E-state index contributed by atoms with van der Waals surface area (Å²) in [6.07, 6.45) is 1.86. The average Bonchev–Trinajstić information content (AvgIpc) is 2.65. The number of hydrogen-bond donors (Lipinski definition) is 0. The second-order valence-electron chi connectivity index (χ2n) is 3.88. The molecule has 1 saturated heterocycles. The van der Waals surface area contributed by atoms with Crippen LogP contribution in [0.2, 0.25) is 0 Å². The highest BCUT2D eigenvalue weighted by molar-refractivity contribution is 9.10. The first-order valence-electron chi connectivity index (χ1n) is 5.61. The van der Waals surface area contributed by atoms with Crippen LogP contribution in [0.15, 0.2) is 33.6 Å². The van der Waals surface area contributed by atoms with Gasteiger partial charge in [-0.2, -0.15) is 0 Å². The van der Waals surface area contributed by atoms with E-state index >= 15 is 0 Å². The highest BCUT2D eigenvalue weighted by atomic mass is 79.9. The molecule has 100 valence electrons. The molecule has 0 atom stereocenters. The molecule has 1 heterocycles. The minimum Gasteiger partial charge on any atom is -0.383 e. The van der Waals surface area contributed by atoms with Crippen molar-refractivity contribution in [3.63, 3.8) is 0 Å². The SMILES string of the molecule is COCCN1C(=O)C(=Cc2ccc(Br)cc2)SC1=S. The number of carbonyl (C=O) groups is 1. The minimum atomic E-state index is -0.0463. The zero-order chi connectivity index (χ0) is 13.8. The van der Waals surface area contributed by atoms with E-state index in [1.165, 1.54) is 11.8 Å². The number of ether oxygens (including phenoxy) is 1. The lowest BCUT2D eigenvalue weighted by Crippen LogP contribution is -2.31. The molecule has 0 aliphatic carbocycles. The van der Waals surface area contributed by atoms with Crippen LogP contribution in [0.1, 0.15) is 5.56 Å². The topological polar surface area (TPSA) is 29.5 Å². The van der Waals surface area contributed by atoms with Gasteiger partial charge < -0.3 is 4.74 Å². The molecular weight excluding hydrogens is 346 g/mol. The van der Waals surface area contributed by atoms with Gasteiger partial charge in [-0.25, -0.2) is 0 Å². The zero-order valence-electron chi connectivity index (χ0n) is 10.3. The second-order valence-corrected chi connectivity index (χ2v) is 6.47. The Balaban J connectivity index is 2.16. The molecular formula is C13H12BrNO2S2. The molecule has 0 unspecified atom stereocenters. The largest absolute Gasteiger partial charge is 0.383 e. The van der Waals surface area contributed by atoms with E-state index in [0.717, 1.165) is 10.0 Å². The fourth-order valence-corrected chi connectivity index (χ4v) is 3.16. The van der Waals surface area contributed by atoms with E-state index in [9.17, 15) is 4.79 Å². The van der Waals surface area contributed by atoms with Crippen molar-refractivity contribution in [1.82, 2.24) is 4.90 Å². The van der Waals surface area contributed by atoms with Crippen molar-refractivity contribution in [2.24, 2.45) is 0 Å². The van der Waals surface area contributed by atoms with Gasteiger partial charge >= 0.3 is 0 Å². The summed E-state index contributed by atoms with van der Waals surface area (Å²) in [5.41, 5.74) is 0.982. The molecule has 0 N–H and O–H groups in total. The molecule has 1 aliphatic rings. The van der Waals surface area contributed by atoms with Gasteiger partial charge in [-0.05, 0) is 23.8 Å². The number of thiocarbonyl (C=S) groups is 1. The molecule has 0 saturated carbocycles. The molecule has 3 nitrogen and oxygen atoms in total. The van der Waals surface area contributed by atoms with E-state index in [0.29, 0.717) is 22.4 Å². The molecule has 0 bridgehead atoms. The molecule has 2 rings (SSSR count). The Morgan fingerprint density at radius 2 is 2.11 bits per heavy atom. The van der Waals surface area contributed by atoms with Gasteiger partial charge in [0.2, 0.25) is 0 Å². The lowest BCUT2D eigenvalue weighted by atomic mass is 10.2. The average molecular weight is 358 g/mol. The Morgan fingerprint density at radius 1 is 1.42 bits per heavy atom. The summed E-state index contributed by atoms with van der Waals surface area (Å²) in [5.74, 6) is -0.0463. The van der Waals surface area contributed by atoms with Gasteiger partial charge in [0.1, 0.15) is 4.32 Å². The number of hydrogen-bond acceptors (Lipinski definition) is 4. The Labute approximate surface area is 130 Å². The molecule has 1 aromatic carbocycles. The number of carbonyl (C=O) groups excluding carboxylic acids is 1. The molecule has 1 fully saturated rings. The quantitative estimate of drug-likeness (QED) is 0.610. The Hall–Kier alpha value is -0.690. The highest BCUT2D eigenvalue weighted by Crippen LogP contribution is 2.32. The maximum absolute atomic E-state index is 12.2. The van der Waals surface area contributed by atoms with Gasteiger partial charge in [0, 0.05) is 11.6 Å². The smallest absolute Gasteiger partial charge is 0.266 e. The summed E-state index contributed by atoms with van der Waals surface area (Å²) in [6.45, 7) is 0.983. The van der Waals surface area contributed by atoms with Crippen LogP contribution in [-0.2, 0) is 9.53 Å². The van der Waals surface area contributed by atoms with Crippen LogP contribution in [0, 0.1) is 0 Å². The summed E-state index contributed by atoms with van der Waals surface area (Å²) in [6, 6.07) is 7.78. The number of amides is 1. The first-order valence-corrected chi connectivity index (χ1v) is 7.63. The van der Waals surface area contributed by atoms with E-state index in [-0.39, 0.29) is 5.91 Å². The summed E-state index contributed by atoms with van der Waals surface area (Å²) in [5, 5.41) is 0. The third-order valence-corrected chi connectivity index (χ3v) is 4.47. The molecule has 0 aromatic heterocycles. The van der Waals surface area contributed by atoms with Crippen molar-refractivity contribution < 1.29 is 9.53 Å². The normalized spacial score (nSPS) is 17.6. The number of nitrogens with zero attached hydrogens (tertiary/aromatic N) is 1. The van der Waals surface area contributed by atoms with Crippen LogP contribution in [0.5, 0.6) is 0 Å². The number of rotatable bonds is 4. The molecule has 0 spiro atoms. The predicted molar refractivity (Wildman–Crippen MR) is 85.9 cm³/mol. The maximum atomic E-state index is 12.2. The van der Waals surface area contributed by atoms with Crippen molar-refractivity contribution in [2.45, 2.75) is 0 Å². The fourth-order valence-electron chi connectivity index (χ4n) is 1.59. The van der Waals surface area contributed by atoms with Crippen LogP contribution in [0.3, 0.4) is 0 Å². The Kier molecular flexibility index (Phi) is 5.15. The molecule has 1 aromatic rings. The van der Waals surface area contributed by atoms with Crippen molar-refractivity contribution >= 4 is 56.2 Å². The summed E-state index contributed by atoms with van der Waals surface area (Å²) in [7, 11) is 1.61. The van der Waals surface area contributed by atoms with Crippen molar-refractivity contribution in [2.75, 3.05) is 20.3 Å². The van der Waals surface area contributed by atoms with Crippen molar-refractivity contribution in [3.8, 4) is 0 Å². The number of halogens is 1. The predicted octanol–water partition coefficient (Wildman–Crippen LogP) is 3.30. The lowest BCUT2D eigenvalue weighted by molar-refractivity contribution is -0.122. The minimum absolute atomic E-state index is 0.0463. The van der Waals surface area contributed by atoms with Crippen LogP contribution in [-0.4, -0.2) is 35.4 Å². The van der Waals surface area contributed by atoms with Crippen molar-refractivity contribution in [1.29, 1.82) is 0 Å². The Morgan fingerprint density at radius 3 is 2.74 bits per heavy atom. The third kappa shape index (κ3) is 3.66. The first kappa shape index (κ1) is 14.7. The van der Waals surface area contributed by atoms with Gasteiger partial charge in [-0.1, -0.05) is 52.0 Å². The van der Waals surface area contributed by atoms with Gasteiger partial charge in [-0.15, -0.1) is 0 Å². The van der Waals surface area contributed by atoms with E-state index in [1.807, 2.05) is 30.3 Å². The summed E-state index contributed by atoms with van der Waals surface area (Å²) in [4.78, 5) is 14.4. The lowest BCUT2D eigenvalue weighted by Gasteiger charge is -2.12. The molecule has 1 aliphatic heterocycles. The first-order chi connectivity index (χ1) is 9.11. The number of methoxy groups -OCH3 is 1. The van der Waals surface area contributed by atoms with Crippen molar-refractivity contribution in [3.05, 3.63) is 39.2 Å². The van der Waals surface area contributed by atoms with E-state index < -0.39 is 0 Å². The van der Waals surface area contributed by atoms with Gasteiger partial charge in [0.05, 0.1) is 18.1 Å². The van der Waals surface area contributed by atoms with Crippen LogP contribution in [0.25, 0.3) is 6.08 Å². The fraction of sp³-hybridized carbons (Fsp3) is 0.231. The monoisotopic (exact) mass is 357 g/mol. The highest BCUT2D eigenvalue weighted by Gasteiger charge is 2.31. The molecule has 6 heteroatoms. The molecule has 19 heavy (non-hydrogen) atoms. The number of benzene rings is 1. The van der Waals surface area contributed by atoms with Crippen LogP contribution >= 0.6 is 39.9 Å². The second kappa shape index (κ2) is 6.65. The van der Waals surface area contributed by atoms with E-state index in [1.54, 1.807) is 12.0 Å². The number of thioether (sulfide) groups is 1.